The molecule has 0 aromatic heterocycles. The maximum Gasteiger partial charge on any atom is 0.165 e. The van der Waals surface area contributed by atoms with Crippen LogP contribution in [0.5, 0.6) is 11.5 Å². The Kier molecular flexibility index (Phi) is 6.83. The van der Waals surface area contributed by atoms with Gasteiger partial charge < -0.3 is 10.2 Å². The van der Waals surface area contributed by atoms with Crippen LogP contribution in [-0.2, 0) is 12.8 Å². The van der Waals surface area contributed by atoms with E-state index in [0.717, 1.165) is 5.56 Å². The number of phenols is 2. The molecule has 0 atom stereocenters. The first kappa shape index (κ1) is 17.4. The van der Waals surface area contributed by atoms with Crippen molar-refractivity contribution in [3.05, 3.63) is 84.5 Å². The predicted octanol–water partition coefficient (Wildman–Crippen LogP) is 4.52. The summed E-state index contributed by atoms with van der Waals surface area (Å²) in [5, 5.41) is 17.9. The third-order valence-electron chi connectivity index (χ3n) is 2.83. The lowest BCUT2D eigenvalue weighted by Gasteiger charge is -2.00. The maximum absolute atomic E-state index is 12.6. The minimum absolute atomic E-state index is 0.271. The van der Waals surface area contributed by atoms with Gasteiger partial charge in [0.1, 0.15) is 0 Å². The summed E-state index contributed by atoms with van der Waals surface area (Å²) in [6, 6.07) is 8.77. The first-order valence-corrected chi connectivity index (χ1v) is 6.65. The van der Waals surface area contributed by atoms with Gasteiger partial charge in [0.05, 0.1) is 0 Å². The van der Waals surface area contributed by atoms with Crippen molar-refractivity contribution >= 4 is 0 Å². The van der Waals surface area contributed by atoms with Crippen molar-refractivity contribution in [1.29, 1.82) is 0 Å². The van der Waals surface area contributed by atoms with E-state index < -0.39 is 11.6 Å². The third kappa shape index (κ3) is 5.05. The number of rotatable bonds is 4. The molecule has 0 radical (unpaired) electrons. The number of para-hydroxylation sites is 1. The molecule has 2 rings (SSSR count). The second kappa shape index (κ2) is 8.62. The molecule has 0 saturated heterocycles. The Labute approximate surface area is 128 Å². The number of hydrogen-bond donors (Lipinski definition) is 2. The van der Waals surface area contributed by atoms with Gasteiger partial charge in [0, 0.05) is 5.56 Å². The van der Waals surface area contributed by atoms with E-state index in [4.69, 9.17) is 10.2 Å². The molecule has 0 bridgehead atoms. The Hall–Kier alpha value is -2.62. The molecule has 0 saturated carbocycles. The molecule has 0 heterocycles. The third-order valence-corrected chi connectivity index (χ3v) is 2.83. The molecule has 0 aliphatic heterocycles. The van der Waals surface area contributed by atoms with Gasteiger partial charge in [0.2, 0.25) is 0 Å². The zero-order valence-electron chi connectivity index (χ0n) is 12.1. The molecule has 2 aromatic carbocycles. The molecule has 22 heavy (non-hydrogen) atoms. The molecule has 0 aliphatic carbocycles. The largest absolute Gasteiger partial charge is 0.505 e. The van der Waals surface area contributed by atoms with Gasteiger partial charge in [-0.1, -0.05) is 30.4 Å². The second-order valence-corrected chi connectivity index (χ2v) is 4.52. The smallest absolute Gasteiger partial charge is 0.165 e. The zero-order chi connectivity index (χ0) is 16.5. The summed E-state index contributed by atoms with van der Waals surface area (Å²) in [6.45, 7) is 7.02. The van der Waals surface area contributed by atoms with Crippen LogP contribution in [0.3, 0.4) is 0 Å². The van der Waals surface area contributed by atoms with Crippen LogP contribution in [0.25, 0.3) is 0 Å². The van der Waals surface area contributed by atoms with E-state index in [0.29, 0.717) is 18.4 Å². The molecule has 0 aliphatic rings. The Balaban J connectivity index is 0.000000220. The van der Waals surface area contributed by atoms with Gasteiger partial charge >= 0.3 is 0 Å². The van der Waals surface area contributed by atoms with E-state index in [9.17, 15) is 8.78 Å². The minimum Gasteiger partial charge on any atom is -0.505 e. The molecule has 116 valence electrons. The van der Waals surface area contributed by atoms with Gasteiger partial charge in [-0.05, 0) is 36.6 Å². The summed E-state index contributed by atoms with van der Waals surface area (Å²) in [5.74, 6) is -1.74. The normalized spacial score (nSPS) is 9.55. The van der Waals surface area contributed by atoms with Crippen LogP contribution in [0.2, 0.25) is 0 Å². The minimum atomic E-state index is -0.579. The van der Waals surface area contributed by atoms with Crippen molar-refractivity contribution in [2.45, 2.75) is 12.8 Å². The second-order valence-electron chi connectivity index (χ2n) is 4.52. The standard InChI is InChI=1S/2C9H9FO/c1-2-4-7-5-3-6-8(10)9(7)11;1-2-3-7-4-5-9(11)8(10)6-7/h2-3,5-6,11H,1,4H2;2,4-6,11H,1,3H2. The van der Waals surface area contributed by atoms with Crippen LogP contribution in [0.4, 0.5) is 8.78 Å². The molecule has 0 spiro atoms. The van der Waals surface area contributed by atoms with Crippen LogP contribution in [0.15, 0.2) is 61.7 Å². The molecule has 2 nitrogen and oxygen atoms in total. The van der Waals surface area contributed by atoms with Gasteiger partial charge in [-0.3, -0.25) is 0 Å². The molecule has 4 heteroatoms. The molecule has 0 fully saturated rings. The van der Waals surface area contributed by atoms with Gasteiger partial charge in [0.15, 0.2) is 23.1 Å². The van der Waals surface area contributed by atoms with E-state index in [2.05, 4.69) is 13.2 Å². The summed E-state index contributed by atoms with van der Waals surface area (Å²) in [4.78, 5) is 0. The molecule has 2 N–H and O–H groups in total. The number of hydrogen-bond acceptors (Lipinski definition) is 2. The summed E-state index contributed by atoms with van der Waals surface area (Å²) >= 11 is 0. The highest BCUT2D eigenvalue weighted by atomic mass is 19.1. The highest BCUT2D eigenvalue weighted by molar-refractivity contribution is 5.34. The quantitative estimate of drug-likeness (QED) is 0.815. The van der Waals surface area contributed by atoms with Crippen LogP contribution < -0.4 is 0 Å². The highest BCUT2D eigenvalue weighted by Gasteiger charge is 2.03. The maximum atomic E-state index is 12.6. The lowest BCUT2D eigenvalue weighted by atomic mass is 10.1. The zero-order valence-corrected chi connectivity index (χ0v) is 12.1. The van der Waals surface area contributed by atoms with Crippen LogP contribution in [0.1, 0.15) is 11.1 Å². The van der Waals surface area contributed by atoms with Crippen molar-refractivity contribution in [1.82, 2.24) is 0 Å². The number of allylic oxidation sites excluding steroid dienone is 2. The number of benzene rings is 2. The Morgan fingerprint density at radius 2 is 1.59 bits per heavy atom. The first-order valence-electron chi connectivity index (χ1n) is 6.65. The molecule has 0 amide bonds. The molecule has 0 unspecified atom stereocenters. The SMILES string of the molecule is C=CCc1ccc(O)c(F)c1.C=CCc1cccc(F)c1O. The number of halogens is 2. The van der Waals surface area contributed by atoms with Gasteiger partial charge in [-0.25, -0.2) is 8.78 Å². The van der Waals surface area contributed by atoms with Gasteiger partial charge in [-0.15, -0.1) is 13.2 Å². The fraction of sp³-hybridized carbons (Fsp3) is 0.111. The monoisotopic (exact) mass is 304 g/mol. The van der Waals surface area contributed by atoms with Crippen molar-refractivity contribution in [2.75, 3.05) is 0 Å². The Morgan fingerprint density at radius 1 is 0.909 bits per heavy atom. The van der Waals surface area contributed by atoms with E-state index in [-0.39, 0.29) is 11.5 Å². The van der Waals surface area contributed by atoms with Crippen molar-refractivity contribution in [2.24, 2.45) is 0 Å². The van der Waals surface area contributed by atoms with E-state index >= 15 is 0 Å². The topological polar surface area (TPSA) is 40.5 Å². The number of phenolic OH excluding ortho intramolecular Hbond substituents is 2. The average Bonchev–Trinajstić information content (AvgIpc) is 2.49. The van der Waals surface area contributed by atoms with Crippen molar-refractivity contribution in [3.63, 3.8) is 0 Å². The molecular formula is C18H18F2O2. The molecule has 2 aromatic rings. The van der Waals surface area contributed by atoms with Crippen LogP contribution in [-0.4, -0.2) is 10.2 Å². The summed E-state index contributed by atoms with van der Waals surface area (Å²) in [6.07, 6.45) is 4.42. The van der Waals surface area contributed by atoms with Gasteiger partial charge in [-0.2, -0.15) is 0 Å². The lowest BCUT2D eigenvalue weighted by Crippen LogP contribution is -1.84. The first-order chi connectivity index (χ1) is 10.5. The van der Waals surface area contributed by atoms with Gasteiger partial charge in [0.25, 0.3) is 0 Å². The number of aromatic hydroxyl groups is 2. The fourth-order valence-electron chi connectivity index (χ4n) is 1.72. The average molecular weight is 304 g/mol. The summed E-state index contributed by atoms with van der Waals surface area (Å²) < 4.78 is 25.2. The van der Waals surface area contributed by atoms with E-state index in [1.807, 2.05) is 0 Å². The van der Waals surface area contributed by atoms with Crippen LogP contribution >= 0.6 is 0 Å². The van der Waals surface area contributed by atoms with E-state index in [1.165, 1.54) is 18.2 Å². The summed E-state index contributed by atoms with van der Waals surface area (Å²) in [5.41, 5.74) is 1.38. The predicted molar refractivity (Wildman–Crippen MR) is 83.9 cm³/mol. The van der Waals surface area contributed by atoms with Crippen molar-refractivity contribution < 1.29 is 19.0 Å². The Morgan fingerprint density at radius 3 is 2.18 bits per heavy atom. The highest BCUT2D eigenvalue weighted by Crippen LogP contribution is 2.20. The Bertz CT molecular complexity index is 652. The van der Waals surface area contributed by atoms with Crippen LogP contribution in [0, 0.1) is 11.6 Å². The lowest BCUT2D eigenvalue weighted by molar-refractivity contribution is 0.427. The van der Waals surface area contributed by atoms with E-state index in [1.54, 1.807) is 30.4 Å². The molecular weight excluding hydrogens is 286 g/mol. The summed E-state index contributed by atoms with van der Waals surface area (Å²) in [7, 11) is 0. The van der Waals surface area contributed by atoms with Crippen molar-refractivity contribution in [3.8, 4) is 11.5 Å². The fourth-order valence-corrected chi connectivity index (χ4v) is 1.72.